The SMILES string of the molecule is NCC[SiH](N)Cc1ccccc1. The molecule has 2 nitrogen and oxygen atoms in total. The van der Waals surface area contributed by atoms with E-state index in [2.05, 4.69) is 24.3 Å². The van der Waals surface area contributed by atoms with Crippen molar-refractivity contribution >= 4 is 8.96 Å². The molecule has 1 atom stereocenters. The topological polar surface area (TPSA) is 52.0 Å². The van der Waals surface area contributed by atoms with Gasteiger partial charge in [-0.2, -0.15) is 0 Å². The van der Waals surface area contributed by atoms with Crippen LogP contribution in [-0.2, 0) is 6.04 Å². The zero-order chi connectivity index (χ0) is 8.81. The van der Waals surface area contributed by atoms with Gasteiger partial charge in [0.15, 0.2) is 0 Å². The number of benzene rings is 1. The highest BCUT2D eigenvalue weighted by Crippen LogP contribution is 2.01. The summed E-state index contributed by atoms with van der Waals surface area (Å²) in [5, 5.41) is 5.98. The van der Waals surface area contributed by atoms with Gasteiger partial charge >= 0.3 is 0 Å². The first-order valence-corrected chi connectivity index (χ1v) is 6.62. The van der Waals surface area contributed by atoms with E-state index in [0.717, 1.165) is 18.6 Å². The Morgan fingerprint density at radius 3 is 2.42 bits per heavy atom. The summed E-state index contributed by atoms with van der Waals surface area (Å²) in [6, 6.07) is 12.5. The molecule has 0 bridgehead atoms. The van der Waals surface area contributed by atoms with Crippen molar-refractivity contribution in [3.8, 4) is 0 Å². The first kappa shape index (κ1) is 9.44. The molecule has 0 aliphatic rings. The monoisotopic (exact) mass is 180 g/mol. The lowest BCUT2D eigenvalue weighted by atomic mass is 10.2. The van der Waals surface area contributed by atoms with Crippen LogP contribution in [0.3, 0.4) is 0 Å². The molecule has 4 N–H and O–H groups in total. The summed E-state index contributed by atoms with van der Waals surface area (Å²) in [5.41, 5.74) is 6.79. The number of nitrogens with two attached hydrogens (primary N) is 2. The average Bonchev–Trinajstić information content (AvgIpc) is 2.06. The van der Waals surface area contributed by atoms with E-state index in [0.29, 0.717) is 0 Å². The van der Waals surface area contributed by atoms with Crippen LogP contribution in [0.15, 0.2) is 30.3 Å². The molecule has 0 aliphatic carbocycles. The Morgan fingerprint density at radius 2 is 1.83 bits per heavy atom. The molecule has 0 heterocycles. The molecule has 0 saturated heterocycles. The van der Waals surface area contributed by atoms with Crippen molar-refractivity contribution in [2.24, 2.45) is 11.1 Å². The van der Waals surface area contributed by atoms with Gasteiger partial charge in [-0.25, -0.2) is 0 Å². The van der Waals surface area contributed by atoms with Crippen molar-refractivity contribution in [3.63, 3.8) is 0 Å². The van der Waals surface area contributed by atoms with Gasteiger partial charge in [0.1, 0.15) is 8.96 Å². The average molecular weight is 180 g/mol. The van der Waals surface area contributed by atoms with Crippen molar-refractivity contribution in [3.05, 3.63) is 35.9 Å². The quantitative estimate of drug-likeness (QED) is 0.659. The van der Waals surface area contributed by atoms with Crippen LogP contribution < -0.4 is 11.1 Å². The molecule has 66 valence electrons. The molecule has 0 aromatic heterocycles. The number of hydrogen-bond acceptors (Lipinski definition) is 2. The molecule has 12 heavy (non-hydrogen) atoms. The van der Waals surface area contributed by atoms with Gasteiger partial charge in [0.05, 0.1) is 0 Å². The molecule has 3 heteroatoms. The van der Waals surface area contributed by atoms with Gasteiger partial charge in [-0.3, -0.25) is 0 Å². The molecular weight excluding hydrogens is 164 g/mol. The summed E-state index contributed by atoms with van der Waals surface area (Å²) in [6.07, 6.45) is 0. The van der Waals surface area contributed by atoms with E-state index < -0.39 is 8.96 Å². The Bertz CT molecular complexity index is 213. The Balaban J connectivity index is 2.41. The van der Waals surface area contributed by atoms with Crippen molar-refractivity contribution < 1.29 is 0 Å². The summed E-state index contributed by atoms with van der Waals surface area (Å²) < 4.78 is 0. The largest absolute Gasteiger partial charge is 0.353 e. The van der Waals surface area contributed by atoms with Crippen LogP contribution >= 0.6 is 0 Å². The molecule has 0 radical (unpaired) electrons. The molecule has 1 aromatic carbocycles. The Labute approximate surface area is 75.3 Å². The molecule has 1 unspecified atom stereocenters. The maximum Gasteiger partial charge on any atom is 0.111 e. The number of hydrogen-bond donors (Lipinski definition) is 2. The highest BCUT2D eigenvalue weighted by atomic mass is 28.3. The second kappa shape index (κ2) is 5.08. The lowest BCUT2D eigenvalue weighted by Crippen LogP contribution is -2.31. The van der Waals surface area contributed by atoms with Crippen molar-refractivity contribution in [2.45, 2.75) is 12.1 Å². The third kappa shape index (κ3) is 3.17. The van der Waals surface area contributed by atoms with Gasteiger partial charge in [-0.1, -0.05) is 30.3 Å². The summed E-state index contributed by atoms with van der Waals surface area (Å²) in [5.74, 6) is 0. The third-order valence-corrected chi connectivity index (χ3v) is 3.95. The minimum atomic E-state index is -1.05. The predicted octanol–water partition coefficient (Wildman–Crippen LogP) is 0.410. The minimum Gasteiger partial charge on any atom is -0.353 e. The normalized spacial score (nSPS) is 12.8. The molecule has 0 amide bonds. The van der Waals surface area contributed by atoms with Gasteiger partial charge in [0.25, 0.3) is 0 Å². The zero-order valence-electron chi connectivity index (χ0n) is 7.24. The summed E-state index contributed by atoms with van der Waals surface area (Å²) in [7, 11) is -1.05. The van der Waals surface area contributed by atoms with Gasteiger partial charge < -0.3 is 11.1 Å². The maximum atomic E-state index is 5.98. The van der Waals surface area contributed by atoms with Crippen LogP contribution in [0.4, 0.5) is 0 Å². The second-order valence-corrected chi connectivity index (χ2v) is 5.53. The van der Waals surface area contributed by atoms with Crippen molar-refractivity contribution in [2.75, 3.05) is 6.54 Å². The van der Waals surface area contributed by atoms with Crippen LogP contribution in [0, 0.1) is 0 Å². The molecule has 1 aromatic rings. The fourth-order valence-corrected chi connectivity index (χ4v) is 2.74. The van der Waals surface area contributed by atoms with Crippen molar-refractivity contribution in [1.82, 2.24) is 0 Å². The highest BCUT2D eigenvalue weighted by Gasteiger charge is 2.03. The molecular formula is C9H16N2Si. The van der Waals surface area contributed by atoms with E-state index in [4.69, 9.17) is 11.1 Å². The fourth-order valence-electron chi connectivity index (χ4n) is 1.23. The van der Waals surface area contributed by atoms with E-state index in [1.165, 1.54) is 5.56 Å². The minimum absolute atomic E-state index is 0.736. The summed E-state index contributed by atoms with van der Waals surface area (Å²) in [4.78, 5) is 0. The van der Waals surface area contributed by atoms with E-state index in [1.54, 1.807) is 0 Å². The van der Waals surface area contributed by atoms with Gasteiger partial charge in [0.2, 0.25) is 0 Å². The van der Waals surface area contributed by atoms with Gasteiger partial charge in [-0.15, -0.1) is 0 Å². The maximum absolute atomic E-state index is 5.98. The Hall–Kier alpha value is -0.643. The summed E-state index contributed by atoms with van der Waals surface area (Å²) >= 11 is 0. The second-order valence-electron chi connectivity index (χ2n) is 3.03. The molecule has 0 aliphatic heterocycles. The van der Waals surface area contributed by atoms with Crippen LogP contribution in [0.5, 0.6) is 0 Å². The van der Waals surface area contributed by atoms with Crippen molar-refractivity contribution in [1.29, 1.82) is 0 Å². The lowest BCUT2D eigenvalue weighted by Gasteiger charge is -2.07. The highest BCUT2D eigenvalue weighted by molar-refractivity contribution is 6.54. The lowest BCUT2D eigenvalue weighted by molar-refractivity contribution is 1.09. The number of rotatable bonds is 4. The molecule has 1 rings (SSSR count). The molecule has 0 fully saturated rings. The van der Waals surface area contributed by atoms with E-state index in [1.807, 2.05) is 6.07 Å². The first-order chi connectivity index (χ1) is 5.83. The standard InChI is InChI=1S/C9H16N2Si/c10-6-7-12(11)8-9-4-2-1-3-5-9/h1-5,12H,6-8,10-11H2. The van der Waals surface area contributed by atoms with Crippen LogP contribution in [0.1, 0.15) is 5.56 Å². The Morgan fingerprint density at radius 1 is 1.17 bits per heavy atom. The van der Waals surface area contributed by atoms with E-state index >= 15 is 0 Å². The first-order valence-electron chi connectivity index (χ1n) is 4.32. The molecule has 0 saturated carbocycles. The third-order valence-electron chi connectivity index (χ3n) is 1.88. The van der Waals surface area contributed by atoms with E-state index in [9.17, 15) is 0 Å². The molecule has 0 spiro atoms. The van der Waals surface area contributed by atoms with Gasteiger partial charge in [-0.05, 0) is 24.2 Å². The van der Waals surface area contributed by atoms with Gasteiger partial charge in [0, 0.05) is 0 Å². The fraction of sp³-hybridized carbons (Fsp3) is 0.333. The van der Waals surface area contributed by atoms with Crippen LogP contribution in [0.25, 0.3) is 0 Å². The van der Waals surface area contributed by atoms with E-state index in [-0.39, 0.29) is 0 Å². The predicted molar refractivity (Wildman–Crippen MR) is 55.3 cm³/mol. The Kier molecular flexibility index (Phi) is 4.00. The smallest absolute Gasteiger partial charge is 0.111 e. The zero-order valence-corrected chi connectivity index (χ0v) is 8.39. The van der Waals surface area contributed by atoms with Crippen LogP contribution in [0.2, 0.25) is 6.04 Å². The summed E-state index contributed by atoms with van der Waals surface area (Å²) in [6.45, 7) is 0.736. The van der Waals surface area contributed by atoms with Crippen LogP contribution in [-0.4, -0.2) is 15.5 Å².